The molecule has 1 N–H and O–H groups in total. The topological polar surface area (TPSA) is 34.1 Å². The number of aryl methyl sites for hydroxylation is 1. The summed E-state index contributed by atoms with van der Waals surface area (Å²) >= 11 is 0. The van der Waals surface area contributed by atoms with E-state index in [0.29, 0.717) is 5.92 Å². The largest absolute Gasteiger partial charge is 0.469 e. The molecular formula is C17H20N2O. The Balaban J connectivity index is 1.88. The van der Waals surface area contributed by atoms with Crippen LogP contribution in [0.2, 0.25) is 0 Å². The van der Waals surface area contributed by atoms with Crippen LogP contribution in [0.5, 0.6) is 5.88 Å². The first-order valence-corrected chi connectivity index (χ1v) is 7.18. The summed E-state index contributed by atoms with van der Waals surface area (Å²) in [4.78, 5) is 4.37. The number of nitrogens with one attached hydrogen (secondary N) is 1. The van der Waals surface area contributed by atoms with E-state index >= 15 is 0 Å². The van der Waals surface area contributed by atoms with Crippen LogP contribution in [0, 0.1) is 12.8 Å². The van der Waals surface area contributed by atoms with Crippen LogP contribution in [-0.4, -0.2) is 18.1 Å². The van der Waals surface area contributed by atoms with Gasteiger partial charge in [-0.2, -0.15) is 0 Å². The van der Waals surface area contributed by atoms with Gasteiger partial charge in [0.25, 0.3) is 0 Å². The second-order valence-corrected chi connectivity index (χ2v) is 5.33. The number of hydrogen-bond acceptors (Lipinski definition) is 3. The zero-order valence-electron chi connectivity index (χ0n) is 11.8. The van der Waals surface area contributed by atoms with Crippen LogP contribution >= 0.6 is 0 Å². The number of aromatic nitrogens is 1. The molecule has 1 aliphatic heterocycles. The van der Waals surface area contributed by atoms with Crippen molar-refractivity contribution in [1.82, 2.24) is 10.3 Å². The summed E-state index contributed by atoms with van der Waals surface area (Å²) in [7, 11) is 0. The van der Waals surface area contributed by atoms with Gasteiger partial charge in [0.1, 0.15) is 6.10 Å². The molecule has 2 atom stereocenters. The highest BCUT2D eigenvalue weighted by molar-refractivity contribution is 5.26. The van der Waals surface area contributed by atoms with Gasteiger partial charge in [-0.1, -0.05) is 36.4 Å². The predicted molar refractivity (Wildman–Crippen MR) is 79.8 cm³/mol. The summed E-state index contributed by atoms with van der Waals surface area (Å²) in [5.74, 6) is 1.24. The summed E-state index contributed by atoms with van der Waals surface area (Å²) in [6.45, 7) is 4.11. The fourth-order valence-corrected chi connectivity index (χ4v) is 2.73. The van der Waals surface area contributed by atoms with Crippen molar-refractivity contribution in [3.8, 4) is 5.88 Å². The smallest absolute Gasteiger partial charge is 0.216 e. The molecule has 3 nitrogen and oxygen atoms in total. The van der Waals surface area contributed by atoms with Gasteiger partial charge in [-0.15, -0.1) is 0 Å². The number of benzene rings is 1. The van der Waals surface area contributed by atoms with Crippen molar-refractivity contribution in [2.24, 2.45) is 5.92 Å². The van der Waals surface area contributed by atoms with E-state index in [9.17, 15) is 0 Å². The standard InChI is InChI=1S/C17H20N2O/c1-13-6-5-10-19-17(13)20-16(15-9-11-18-12-15)14-7-3-2-4-8-14/h2-8,10,15-16,18H,9,11-12H2,1H3/t15?,16-/m0/s1. The van der Waals surface area contributed by atoms with E-state index < -0.39 is 0 Å². The van der Waals surface area contributed by atoms with Crippen LogP contribution in [0.15, 0.2) is 48.7 Å². The van der Waals surface area contributed by atoms with Crippen molar-refractivity contribution in [2.75, 3.05) is 13.1 Å². The molecule has 1 saturated heterocycles. The first-order chi connectivity index (χ1) is 9.84. The van der Waals surface area contributed by atoms with Crippen molar-refractivity contribution in [3.05, 3.63) is 59.8 Å². The van der Waals surface area contributed by atoms with Gasteiger partial charge in [0.2, 0.25) is 5.88 Å². The Morgan fingerprint density at radius 1 is 1.20 bits per heavy atom. The third kappa shape index (κ3) is 2.83. The highest BCUT2D eigenvalue weighted by Gasteiger charge is 2.28. The molecule has 3 rings (SSSR count). The molecule has 0 radical (unpaired) electrons. The monoisotopic (exact) mass is 268 g/mol. The second kappa shape index (κ2) is 6.06. The predicted octanol–water partition coefficient (Wildman–Crippen LogP) is 3.12. The lowest BCUT2D eigenvalue weighted by molar-refractivity contribution is 0.137. The lowest BCUT2D eigenvalue weighted by atomic mass is 9.95. The minimum Gasteiger partial charge on any atom is -0.469 e. The molecule has 0 saturated carbocycles. The molecule has 0 aliphatic carbocycles. The van der Waals surface area contributed by atoms with E-state index in [4.69, 9.17) is 4.74 Å². The third-order valence-electron chi connectivity index (χ3n) is 3.85. The summed E-state index contributed by atoms with van der Waals surface area (Å²) in [6, 6.07) is 14.4. The molecule has 20 heavy (non-hydrogen) atoms. The number of pyridine rings is 1. The number of hydrogen-bond donors (Lipinski definition) is 1. The summed E-state index contributed by atoms with van der Waals surface area (Å²) in [5, 5.41) is 3.42. The van der Waals surface area contributed by atoms with E-state index in [-0.39, 0.29) is 6.10 Å². The molecule has 1 aromatic carbocycles. The maximum Gasteiger partial charge on any atom is 0.216 e. The quantitative estimate of drug-likeness (QED) is 0.925. The minimum absolute atomic E-state index is 0.0693. The molecule has 1 fully saturated rings. The molecule has 1 aliphatic rings. The number of rotatable bonds is 4. The minimum atomic E-state index is 0.0693. The van der Waals surface area contributed by atoms with E-state index in [1.165, 1.54) is 5.56 Å². The number of ether oxygens (including phenoxy) is 1. The SMILES string of the molecule is Cc1cccnc1O[C@@H](c1ccccc1)C1CCNC1. The maximum absolute atomic E-state index is 6.26. The van der Waals surface area contributed by atoms with E-state index in [1.54, 1.807) is 6.20 Å². The van der Waals surface area contributed by atoms with Crippen LogP contribution in [0.1, 0.15) is 23.7 Å². The molecule has 1 aromatic heterocycles. The zero-order valence-corrected chi connectivity index (χ0v) is 11.8. The molecule has 104 valence electrons. The number of nitrogens with zero attached hydrogens (tertiary/aromatic N) is 1. The lowest BCUT2D eigenvalue weighted by Gasteiger charge is -2.25. The van der Waals surface area contributed by atoms with Crippen molar-refractivity contribution in [1.29, 1.82) is 0 Å². The third-order valence-corrected chi connectivity index (χ3v) is 3.85. The molecular weight excluding hydrogens is 248 g/mol. The maximum atomic E-state index is 6.26. The van der Waals surface area contributed by atoms with Crippen LogP contribution in [0.3, 0.4) is 0 Å². The fourth-order valence-electron chi connectivity index (χ4n) is 2.73. The Kier molecular flexibility index (Phi) is 3.97. The van der Waals surface area contributed by atoms with Gasteiger partial charge < -0.3 is 10.1 Å². The van der Waals surface area contributed by atoms with Crippen LogP contribution in [-0.2, 0) is 0 Å². The van der Waals surface area contributed by atoms with Gasteiger partial charge >= 0.3 is 0 Å². The summed E-state index contributed by atoms with van der Waals surface area (Å²) in [6.07, 6.45) is 3.00. The van der Waals surface area contributed by atoms with Gasteiger partial charge in [-0.3, -0.25) is 0 Å². The van der Waals surface area contributed by atoms with Crippen molar-refractivity contribution in [2.45, 2.75) is 19.4 Å². The highest BCUT2D eigenvalue weighted by atomic mass is 16.5. The highest BCUT2D eigenvalue weighted by Crippen LogP contribution is 2.32. The first kappa shape index (κ1) is 13.1. The molecule has 1 unspecified atom stereocenters. The van der Waals surface area contributed by atoms with Crippen LogP contribution < -0.4 is 10.1 Å². The molecule has 0 bridgehead atoms. The van der Waals surface area contributed by atoms with E-state index in [0.717, 1.165) is 31.0 Å². The Labute approximate surface area is 120 Å². The van der Waals surface area contributed by atoms with Gasteiger partial charge in [0.05, 0.1) is 0 Å². The van der Waals surface area contributed by atoms with Gasteiger partial charge in [-0.05, 0) is 31.5 Å². The Morgan fingerprint density at radius 3 is 2.75 bits per heavy atom. The lowest BCUT2D eigenvalue weighted by Crippen LogP contribution is -2.22. The molecule has 0 amide bonds. The van der Waals surface area contributed by atoms with E-state index in [1.807, 2.05) is 25.1 Å². The summed E-state index contributed by atoms with van der Waals surface area (Å²) in [5.41, 5.74) is 2.31. The zero-order chi connectivity index (χ0) is 13.8. The molecule has 2 heterocycles. The average molecular weight is 268 g/mol. The second-order valence-electron chi connectivity index (χ2n) is 5.33. The normalized spacial score (nSPS) is 19.8. The average Bonchev–Trinajstić information content (AvgIpc) is 3.01. The fraction of sp³-hybridized carbons (Fsp3) is 0.353. The molecule has 3 heteroatoms. The van der Waals surface area contributed by atoms with Gasteiger partial charge in [0.15, 0.2) is 0 Å². The van der Waals surface area contributed by atoms with Gasteiger partial charge in [0, 0.05) is 24.2 Å². The van der Waals surface area contributed by atoms with Gasteiger partial charge in [-0.25, -0.2) is 4.98 Å². The van der Waals surface area contributed by atoms with Crippen molar-refractivity contribution >= 4 is 0 Å². The van der Waals surface area contributed by atoms with Crippen molar-refractivity contribution in [3.63, 3.8) is 0 Å². The molecule has 0 spiro atoms. The first-order valence-electron chi connectivity index (χ1n) is 7.18. The Bertz CT molecular complexity index is 550. The van der Waals surface area contributed by atoms with Crippen LogP contribution in [0.25, 0.3) is 0 Å². The van der Waals surface area contributed by atoms with Crippen LogP contribution in [0.4, 0.5) is 0 Å². The summed E-state index contributed by atoms with van der Waals surface area (Å²) < 4.78 is 6.26. The Hall–Kier alpha value is -1.87. The Morgan fingerprint density at radius 2 is 2.05 bits per heavy atom. The van der Waals surface area contributed by atoms with E-state index in [2.05, 4.69) is 34.6 Å². The van der Waals surface area contributed by atoms with Crippen molar-refractivity contribution < 1.29 is 4.74 Å². The molecule has 2 aromatic rings.